The van der Waals surface area contributed by atoms with Gasteiger partial charge in [-0.3, -0.25) is 4.79 Å². The Morgan fingerprint density at radius 1 is 1.21 bits per heavy atom. The van der Waals surface area contributed by atoms with Crippen LogP contribution in [0.5, 0.6) is 0 Å². The van der Waals surface area contributed by atoms with Crippen LogP contribution in [0, 0.1) is 5.92 Å². The van der Waals surface area contributed by atoms with Crippen molar-refractivity contribution >= 4 is 5.78 Å². The zero-order valence-corrected chi connectivity index (χ0v) is 13.2. The third-order valence-corrected chi connectivity index (χ3v) is 4.51. The normalized spacial score (nSPS) is 18.9. The first-order valence-electron chi connectivity index (χ1n) is 8.00. The largest absolute Gasteiger partial charge is 0.295 e. The van der Waals surface area contributed by atoms with Crippen LogP contribution >= 0.6 is 0 Å². The number of hydrogen-bond acceptors (Lipinski definition) is 1. The second-order valence-electron chi connectivity index (χ2n) is 5.90. The van der Waals surface area contributed by atoms with Crippen LogP contribution < -0.4 is 0 Å². The van der Waals surface area contributed by atoms with E-state index in [-0.39, 0.29) is 0 Å². The topological polar surface area (TPSA) is 17.1 Å². The molecule has 0 heterocycles. The van der Waals surface area contributed by atoms with Crippen molar-refractivity contribution in [1.82, 2.24) is 0 Å². The summed E-state index contributed by atoms with van der Waals surface area (Å²) in [4.78, 5) is 11.5. The van der Waals surface area contributed by atoms with E-state index in [0.717, 1.165) is 25.7 Å². The Kier molecular flexibility index (Phi) is 7.12. The molecule has 1 nitrogen and oxygen atoms in total. The van der Waals surface area contributed by atoms with Crippen LogP contribution in [0.4, 0.5) is 0 Å². The Balaban J connectivity index is 2.66. The van der Waals surface area contributed by atoms with Crippen molar-refractivity contribution in [2.24, 2.45) is 5.92 Å². The van der Waals surface area contributed by atoms with E-state index in [2.05, 4.69) is 27.7 Å². The molecule has 108 valence electrons. The Morgan fingerprint density at radius 2 is 1.95 bits per heavy atom. The Hall–Kier alpha value is -0.850. The first-order valence-corrected chi connectivity index (χ1v) is 8.00. The van der Waals surface area contributed by atoms with Crippen molar-refractivity contribution in [3.05, 3.63) is 22.8 Å². The molecule has 0 amide bonds. The number of hydrogen-bond donors (Lipinski definition) is 0. The molecule has 0 N–H and O–H groups in total. The average molecular weight is 262 g/mol. The maximum Gasteiger partial charge on any atom is 0.155 e. The summed E-state index contributed by atoms with van der Waals surface area (Å²) in [6.45, 7) is 9.07. The van der Waals surface area contributed by atoms with E-state index in [4.69, 9.17) is 0 Å². The van der Waals surface area contributed by atoms with E-state index in [9.17, 15) is 4.79 Å². The predicted molar refractivity (Wildman–Crippen MR) is 83.2 cm³/mol. The first-order chi connectivity index (χ1) is 9.10. The van der Waals surface area contributed by atoms with Gasteiger partial charge in [0.2, 0.25) is 0 Å². The van der Waals surface area contributed by atoms with Gasteiger partial charge in [-0.1, -0.05) is 43.9 Å². The van der Waals surface area contributed by atoms with Gasteiger partial charge in [-0.15, -0.1) is 0 Å². The van der Waals surface area contributed by atoms with Gasteiger partial charge in [0.25, 0.3) is 0 Å². The monoisotopic (exact) mass is 262 g/mol. The summed E-state index contributed by atoms with van der Waals surface area (Å²) in [6.07, 6.45) is 10.8. The third-order valence-electron chi connectivity index (χ3n) is 4.51. The van der Waals surface area contributed by atoms with E-state index in [0.29, 0.717) is 11.7 Å². The van der Waals surface area contributed by atoms with Crippen molar-refractivity contribution in [3.8, 4) is 0 Å². The van der Waals surface area contributed by atoms with Crippen molar-refractivity contribution in [2.75, 3.05) is 0 Å². The van der Waals surface area contributed by atoms with Crippen LogP contribution in [0.2, 0.25) is 0 Å². The molecule has 0 saturated heterocycles. The molecule has 0 aromatic rings. The van der Waals surface area contributed by atoms with E-state index in [1.54, 1.807) is 11.1 Å². The number of carbonyl (C=O) groups is 1. The minimum atomic E-state index is 0.340. The molecular formula is C18H30O. The highest BCUT2D eigenvalue weighted by Crippen LogP contribution is 2.30. The number of carbonyl (C=O) groups excluding carboxylic acids is 1. The van der Waals surface area contributed by atoms with Crippen molar-refractivity contribution in [2.45, 2.75) is 79.1 Å². The van der Waals surface area contributed by atoms with Crippen LogP contribution in [0.25, 0.3) is 0 Å². The number of rotatable bonds is 7. The standard InChI is InChI=1S/C18H30O/c1-5-14(4)17(7-3)12-15(6-2)11-16-9-8-10-18(19)13-16/h13,15H,5-12H2,1-4H3. The van der Waals surface area contributed by atoms with E-state index >= 15 is 0 Å². The highest BCUT2D eigenvalue weighted by molar-refractivity contribution is 5.91. The molecule has 0 aromatic heterocycles. The lowest BCUT2D eigenvalue weighted by atomic mass is 9.84. The molecular weight excluding hydrogens is 232 g/mol. The highest BCUT2D eigenvalue weighted by atomic mass is 16.1. The molecule has 19 heavy (non-hydrogen) atoms. The molecule has 0 bridgehead atoms. The molecule has 1 rings (SSSR count). The molecule has 0 fully saturated rings. The Morgan fingerprint density at radius 3 is 2.47 bits per heavy atom. The average Bonchev–Trinajstić information content (AvgIpc) is 2.42. The van der Waals surface area contributed by atoms with Crippen LogP contribution in [0.1, 0.15) is 79.1 Å². The van der Waals surface area contributed by atoms with Crippen LogP contribution in [-0.2, 0) is 4.79 Å². The lowest BCUT2D eigenvalue weighted by Crippen LogP contribution is -2.08. The summed E-state index contributed by atoms with van der Waals surface area (Å²) < 4.78 is 0. The Labute approximate surface area is 119 Å². The second-order valence-corrected chi connectivity index (χ2v) is 5.90. The lowest BCUT2D eigenvalue weighted by Gasteiger charge is -2.21. The van der Waals surface area contributed by atoms with E-state index < -0.39 is 0 Å². The summed E-state index contributed by atoms with van der Waals surface area (Å²) in [5.74, 6) is 1.06. The van der Waals surface area contributed by atoms with Crippen molar-refractivity contribution in [3.63, 3.8) is 0 Å². The molecule has 0 saturated carbocycles. The fraction of sp³-hybridized carbons (Fsp3) is 0.722. The molecule has 0 spiro atoms. The summed E-state index contributed by atoms with van der Waals surface area (Å²) in [7, 11) is 0. The van der Waals surface area contributed by atoms with Gasteiger partial charge < -0.3 is 0 Å². The van der Waals surface area contributed by atoms with Crippen LogP contribution in [0.3, 0.4) is 0 Å². The summed E-state index contributed by atoms with van der Waals surface area (Å²) in [6, 6.07) is 0. The van der Waals surface area contributed by atoms with Gasteiger partial charge in [-0.25, -0.2) is 0 Å². The number of ketones is 1. The van der Waals surface area contributed by atoms with Gasteiger partial charge in [0, 0.05) is 6.42 Å². The van der Waals surface area contributed by atoms with E-state index in [1.165, 1.54) is 31.3 Å². The molecule has 0 aliphatic heterocycles. The van der Waals surface area contributed by atoms with Gasteiger partial charge in [-0.2, -0.15) is 0 Å². The molecule has 1 unspecified atom stereocenters. The van der Waals surface area contributed by atoms with Gasteiger partial charge in [0.05, 0.1) is 0 Å². The number of allylic oxidation sites excluding steroid dienone is 4. The summed E-state index contributed by atoms with van der Waals surface area (Å²) in [5.41, 5.74) is 4.60. The van der Waals surface area contributed by atoms with Gasteiger partial charge >= 0.3 is 0 Å². The van der Waals surface area contributed by atoms with Gasteiger partial charge in [0.15, 0.2) is 5.78 Å². The second kappa shape index (κ2) is 8.35. The SMILES string of the molecule is CCC(C)=C(CC)CC(CC)CC1=CC(=O)CCC1. The van der Waals surface area contributed by atoms with Crippen LogP contribution in [0.15, 0.2) is 22.8 Å². The zero-order chi connectivity index (χ0) is 14.3. The first kappa shape index (κ1) is 16.2. The minimum absolute atomic E-state index is 0.340. The molecule has 0 radical (unpaired) electrons. The predicted octanol–water partition coefficient (Wildman–Crippen LogP) is 5.61. The summed E-state index contributed by atoms with van der Waals surface area (Å²) >= 11 is 0. The fourth-order valence-corrected chi connectivity index (χ4v) is 2.97. The van der Waals surface area contributed by atoms with E-state index in [1.807, 2.05) is 6.08 Å². The lowest BCUT2D eigenvalue weighted by molar-refractivity contribution is -0.115. The zero-order valence-electron chi connectivity index (χ0n) is 13.2. The van der Waals surface area contributed by atoms with Crippen molar-refractivity contribution in [1.29, 1.82) is 0 Å². The minimum Gasteiger partial charge on any atom is -0.295 e. The fourth-order valence-electron chi connectivity index (χ4n) is 2.97. The summed E-state index contributed by atoms with van der Waals surface area (Å²) in [5, 5.41) is 0. The smallest absolute Gasteiger partial charge is 0.155 e. The molecule has 1 aliphatic rings. The Bertz CT molecular complexity index is 360. The van der Waals surface area contributed by atoms with Crippen molar-refractivity contribution < 1.29 is 4.79 Å². The third kappa shape index (κ3) is 5.34. The molecule has 0 aromatic carbocycles. The van der Waals surface area contributed by atoms with Gasteiger partial charge in [0.1, 0.15) is 0 Å². The quantitative estimate of drug-likeness (QED) is 0.545. The van der Waals surface area contributed by atoms with Crippen LogP contribution in [-0.4, -0.2) is 5.78 Å². The maximum absolute atomic E-state index is 11.5. The molecule has 1 atom stereocenters. The highest BCUT2D eigenvalue weighted by Gasteiger charge is 2.16. The maximum atomic E-state index is 11.5. The van der Waals surface area contributed by atoms with Gasteiger partial charge in [-0.05, 0) is 57.4 Å². The molecule has 1 aliphatic carbocycles. The molecule has 1 heteroatoms.